The number of halogens is 1. The molecule has 0 spiro atoms. The van der Waals surface area contributed by atoms with E-state index in [1.807, 2.05) is 42.5 Å². The normalized spacial score (nSPS) is 9.93. The molecule has 0 amide bonds. The minimum Gasteiger partial charge on any atom is -0.473 e. The molecule has 2 aromatic rings. The van der Waals surface area contributed by atoms with Gasteiger partial charge in [0.2, 0.25) is 5.88 Å². The van der Waals surface area contributed by atoms with Crippen molar-refractivity contribution >= 4 is 15.9 Å². The molecule has 0 saturated heterocycles. The molecule has 0 aliphatic heterocycles. The molecule has 0 unspecified atom stereocenters. The summed E-state index contributed by atoms with van der Waals surface area (Å²) >= 11 is 3.47. The molecule has 2 rings (SSSR count). The average molecular weight is 264 g/mol. The molecule has 2 nitrogen and oxygen atoms in total. The zero-order valence-corrected chi connectivity index (χ0v) is 9.65. The molecule has 1 aromatic heterocycles. The molecule has 0 bridgehead atoms. The van der Waals surface area contributed by atoms with E-state index in [0.717, 1.165) is 10.0 Å². The maximum Gasteiger partial charge on any atom is 0.213 e. The predicted molar refractivity (Wildman–Crippen MR) is 62.7 cm³/mol. The maximum atomic E-state index is 5.53. The van der Waals surface area contributed by atoms with Gasteiger partial charge in [0.25, 0.3) is 0 Å². The monoisotopic (exact) mass is 263 g/mol. The van der Waals surface area contributed by atoms with Crippen molar-refractivity contribution < 1.29 is 4.74 Å². The summed E-state index contributed by atoms with van der Waals surface area (Å²) in [5, 5.41) is 0. The summed E-state index contributed by atoms with van der Waals surface area (Å²) in [4.78, 5) is 4.09. The highest BCUT2D eigenvalue weighted by molar-refractivity contribution is 9.10. The smallest absolute Gasteiger partial charge is 0.213 e. The summed E-state index contributed by atoms with van der Waals surface area (Å²) in [7, 11) is 0. The van der Waals surface area contributed by atoms with Crippen molar-refractivity contribution in [1.29, 1.82) is 0 Å². The number of hydrogen-bond acceptors (Lipinski definition) is 2. The van der Waals surface area contributed by atoms with Crippen LogP contribution in [0.1, 0.15) is 5.56 Å². The van der Waals surface area contributed by atoms with Crippen molar-refractivity contribution in [3.63, 3.8) is 0 Å². The van der Waals surface area contributed by atoms with Gasteiger partial charge in [-0.25, -0.2) is 4.98 Å². The van der Waals surface area contributed by atoms with E-state index < -0.39 is 0 Å². The summed E-state index contributed by atoms with van der Waals surface area (Å²) in [6.45, 7) is 0.526. The zero-order valence-electron chi connectivity index (χ0n) is 8.06. The van der Waals surface area contributed by atoms with Gasteiger partial charge in [0.05, 0.1) is 0 Å². The molecule has 0 radical (unpaired) electrons. The third-order valence-electron chi connectivity index (χ3n) is 1.97. The predicted octanol–water partition coefficient (Wildman–Crippen LogP) is 3.42. The molecule has 0 N–H and O–H groups in total. The lowest BCUT2D eigenvalue weighted by molar-refractivity contribution is 0.293. The molecule has 1 aromatic carbocycles. The molecule has 76 valence electrons. The Bertz CT molecular complexity index is 431. The van der Waals surface area contributed by atoms with Crippen LogP contribution in [0.3, 0.4) is 0 Å². The Kier molecular flexibility index (Phi) is 3.35. The third-order valence-corrected chi connectivity index (χ3v) is 2.74. The van der Waals surface area contributed by atoms with E-state index in [1.54, 1.807) is 6.20 Å². The van der Waals surface area contributed by atoms with Gasteiger partial charge >= 0.3 is 0 Å². The Morgan fingerprint density at radius 2 is 1.87 bits per heavy atom. The minimum atomic E-state index is 0.526. The standard InChI is InChI=1S/C12H10BrNO/c13-11-6-2-1-5-10(11)9-15-12-7-3-4-8-14-12/h1-8H,9H2. The number of rotatable bonds is 3. The summed E-state index contributed by atoms with van der Waals surface area (Å²) in [5.74, 6) is 0.647. The van der Waals surface area contributed by atoms with Crippen molar-refractivity contribution in [2.75, 3.05) is 0 Å². The third kappa shape index (κ3) is 2.80. The van der Waals surface area contributed by atoms with Crippen LogP contribution in [0, 0.1) is 0 Å². The van der Waals surface area contributed by atoms with Gasteiger partial charge < -0.3 is 4.74 Å². The fraction of sp³-hybridized carbons (Fsp3) is 0.0833. The van der Waals surface area contributed by atoms with Crippen molar-refractivity contribution in [2.24, 2.45) is 0 Å². The van der Waals surface area contributed by atoms with Crippen molar-refractivity contribution in [1.82, 2.24) is 4.98 Å². The van der Waals surface area contributed by atoms with Crippen molar-refractivity contribution in [3.8, 4) is 5.88 Å². The van der Waals surface area contributed by atoms with E-state index in [-0.39, 0.29) is 0 Å². The molecule has 0 atom stereocenters. The van der Waals surface area contributed by atoms with E-state index in [9.17, 15) is 0 Å². The number of aromatic nitrogens is 1. The molecule has 0 aliphatic rings. The highest BCUT2D eigenvalue weighted by atomic mass is 79.9. The second kappa shape index (κ2) is 4.94. The quantitative estimate of drug-likeness (QED) is 0.847. The van der Waals surface area contributed by atoms with E-state index in [4.69, 9.17) is 4.74 Å². The SMILES string of the molecule is Brc1ccccc1COc1ccccn1. The van der Waals surface area contributed by atoms with Crippen LogP contribution in [-0.2, 0) is 6.61 Å². The minimum absolute atomic E-state index is 0.526. The van der Waals surface area contributed by atoms with Crippen LogP contribution < -0.4 is 4.74 Å². The Labute approximate surface area is 97.1 Å². The topological polar surface area (TPSA) is 22.1 Å². The van der Waals surface area contributed by atoms with Crippen molar-refractivity contribution in [3.05, 3.63) is 58.7 Å². The first-order chi connectivity index (χ1) is 7.36. The number of ether oxygens (including phenoxy) is 1. The molecular weight excluding hydrogens is 254 g/mol. The number of pyridine rings is 1. The van der Waals surface area contributed by atoms with Gasteiger partial charge in [-0.2, -0.15) is 0 Å². The van der Waals surface area contributed by atoms with Crippen LogP contribution in [0.2, 0.25) is 0 Å². The zero-order chi connectivity index (χ0) is 10.5. The average Bonchev–Trinajstić information content (AvgIpc) is 2.29. The molecule has 15 heavy (non-hydrogen) atoms. The first kappa shape index (κ1) is 10.2. The fourth-order valence-corrected chi connectivity index (χ4v) is 1.60. The molecule has 3 heteroatoms. The summed E-state index contributed by atoms with van der Waals surface area (Å²) in [6.07, 6.45) is 1.72. The Morgan fingerprint density at radius 1 is 1.07 bits per heavy atom. The van der Waals surface area contributed by atoms with Crippen LogP contribution in [0.4, 0.5) is 0 Å². The van der Waals surface area contributed by atoms with E-state index in [2.05, 4.69) is 20.9 Å². The van der Waals surface area contributed by atoms with Gasteiger partial charge in [-0.15, -0.1) is 0 Å². The highest BCUT2D eigenvalue weighted by Crippen LogP contribution is 2.17. The Balaban J connectivity index is 2.03. The first-order valence-electron chi connectivity index (χ1n) is 4.63. The van der Waals surface area contributed by atoms with Crippen LogP contribution >= 0.6 is 15.9 Å². The lowest BCUT2D eigenvalue weighted by atomic mass is 10.2. The van der Waals surface area contributed by atoms with Gasteiger partial charge in [0, 0.05) is 22.3 Å². The van der Waals surface area contributed by atoms with Gasteiger partial charge in [-0.1, -0.05) is 40.2 Å². The lowest BCUT2D eigenvalue weighted by Gasteiger charge is -2.06. The van der Waals surface area contributed by atoms with Crippen molar-refractivity contribution in [2.45, 2.75) is 6.61 Å². The van der Waals surface area contributed by atoms with E-state index in [0.29, 0.717) is 12.5 Å². The van der Waals surface area contributed by atoms with Crippen LogP contribution in [-0.4, -0.2) is 4.98 Å². The second-order valence-corrected chi connectivity index (χ2v) is 3.90. The summed E-state index contributed by atoms with van der Waals surface area (Å²) in [6, 6.07) is 13.6. The van der Waals surface area contributed by atoms with E-state index in [1.165, 1.54) is 0 Å². The molecule has 0 saturated carbocycles. The largest absolute Gasteiger partial charge is 0.473 e. The highest BCUT2D eigenvalue weighted by Gasteiger charge is 1.99. The van der Waals surface area contributed by atoms with Crippen LogP contribution in [0.25, 0.3) is 0 Å². The molecular formula is C12H10BrNO. The molecule has 1 heterocycles. The van der Waals surface area contributed by atoms with Crippen LogP contribution in [0.5, 0.6) is 5.88 Å². The number of hydrogen-bond donors (Lipinski definition) is 0. The lowest BCUT2D eigenvalue weighted by Crippen LogP contribution is -1.97. The molecule has 0 aliphatic carbocycles. The van der Waals surface area contributed by atoms with Crippen LogP contribution in [0.15, 0.2) is 53.1 Å². The Hall–Kier alpha value is -1.35. The fourth-order valence-electron chi connectivity index (χ4n) is 1.20. The van der Waals surface area contributed by atoms with Gasteiger partial charge in [0.15, 0.2) is 0 Å². The summed E-state index contributed by atoms with van der Waals surface area (Å²) in [5.41, 5.74) is 1.11. The number of benzene rings is 1. The van der Waals surface area contributed by atoms with E-state index >= 15 is 0 Å². The van der Waals surface area contributed by atoms with Gasteiger partial charge in [-0.05, 0) is 12.1 Å². The van der Waals surface area contributed by atoms with Gasteiger partial charge in [0.1, 0.15) is 6.61 Å². The second-order valence-electron chi connectivity index (χ2n) is 3.05. The number of nitrogens with zero attached hydrogens (tertiary/aromatic N) is 1. The molecule has 0 fully saturated rings. The Morgan fingerprint density at radius 3 is 2.60 bits per heavy atom. The summed E-state index contributed by atoms with van der Waals surface area (Å²) < 4.78 is 6.59. The van der Waals surface area contributed by atoms with Gasteiger partial charge in [-0.3, -0.25) is 0 Å². The first-order valence-corrected chi connectivity index (χ1v) is 5.43. The maximum absolute atomic E-state index is 5.53.